The van der Waals surface area contributed by atoms with Crippen molar-refractivity contribution in [3.05, 3.63) is 73.3 Å². The zero-order chi connectivity index (χ0) is 23.5. The predicted octanol–water partition coefficient (Wildman–Crippen LogP) is 3.21. The van der Waals surface area contributed by atoms with E-state index in [1.165, 1.54) is 18.3 Å². The van der Waals surface area contributed by atoms with Crippen molar-refractivity contribution in [2.45, 2.75) is 35.6 Å². The summed E-state index contributed by atoms with van der Waals surface area (Å²) < 4.78 is 57.7. The number of benzene rings is 2. The SMILES string of the molecule is CCCC(CNS(=O)(=O)c1cccc2cnccc12)NS(=O)(=O)c1cccc2cnccc12. The summed E-state index contributed by atoms with van der Waals surface area (Å²) in [6.45, 7) is 1.83. The molecule has 10 heteroatoms. The molecular weight excluding hydrogens is 460 g/mol. The maximum absolute atomic E-state index is 13.2. The van der Waals surface area contributed by atoms with E-state index in [0.29, 0.717) is 34.4 Å². The second-order valence-corrected chi connectivity index (χ2v) is 11.1. The fourth-order valence-corrected chi connectivity index (χ4v) is 6.59. The summed E-state index contributed by atoms with van der Waals surface area (Å²) in [7, 11) is -7.77. The average Bonchev–Trinajstić information content (AvgIpc) is 2.82. The lowest BCUT2D eigenvalue weighted by Crippen LogP contribution is -2.43. The van der Waals surface area contributed by atoms with Gasteiger partial charge in [0.15, 0.2) is 0 Å². The van der Waals surface area contributed by atoms with E-state index in [4.69, 9.17) is 0 Å². The van der Waals surface area contributed by atoms with Crippen LogP contribution < -0.4 is 9.44 Å². The van der Waals surface area contributed by atoms with Gasteiger partial charge in [0.05, 0.1) is 9.79 Å². The van der Waals surface area contributed by atoms with Gasteiger partial charge >= 0.3 is 0 Å². The zero-order valence-corrected chi connectivity index (χ0v) is 19.6. The van der Waals surface area contributed by atoms with Crippen molar-refractivity contribution in [2.24, 2.45) is 0 Å². The molecule has 0 saturated heterocycles. The molecule has 1 atom stereocenters. The Bertz CT molecular complexity index is 1490. The normalized spacial score (nSPS) is 13.4. The molecule has 8 nitrogen and oxygen atoms in total. The summed E-state index contributed by atoms with van der Waals surface area (Å²) in [5.74, 6) is 0. The Morgan fingerprint density at radius 2 is 1.33 bits per heavy atom. The van der Waals surface area contributed by atoms with E-state index in [-0.39, 0.29) is 16.3 Å². The van der Waals surface area contributed by atoms with Crippen molar-refractivity contribution in [2.75, 3.05) is 6.54 Å². The van der Waals surface area contributed by atoms with Crippen LogP contribution in [-0.4, -0.2) is 39.4 Å². The number of fused-ring (bicyclic) bond motifs is 2. The van der Waals surface area contributed by atoms with Gasteiger partial charge in [0.2, 0.25) is 20.0 Å². The van der Waals surface area contributed by atoms with E-state index >= 15 is 0 Å². The Balaban J connectivity index is 1.58. The topological polar surface area (TPSA) is 118 Å². The van der Waals surface area contributed by atoms with E-state index < -0.39 is 26.1 Å². The van der Waals surface area contributed by atoms with Crippen molar-refractivity contribution >= 4 is 41.6 Å². The molecule has 2 heterocycles. The first-order chi connectivity index (χ1) is 15.8. The van der Waals surface area contributed by atoms with Crippen LogP contribution in [0.5, 0.6) is 0 Å². The molecule has 0 radical (unpaired) electrons. The smallest absolute Gasteiger partial charge is 0.241 e. The summed E-state index contributed by atoms with van der Waals surface area (Å²) in [4.78, 5) is 8.33. The maximum atomic E-state index is 13.2. The Hall–Kier alpha value is -2.92. The van der Waals surface area contributed by atoms with Crippen LogP contribution >= 0.6 is 0 Å². The number of rotatable bonds is 9. The Morgan fingerprint density at radius 3 is 1.88 bits per heavy atom. The van der Waals surface area contributed by atoms with Gasteiger partial charge in [0.25, 0.3) is 0 Å². The van der Waals surface area contributed by atoms with Gasteiger partial charge < -0.3 is 0 Å². The summed E-state index contributed by atoms with van der Waals surface area (Å²) >= 11 is 0. The zero-order valence-electron chi connectivity index (χ0n) is 18.0. The molecule has 0 amide bonds. The third-order valence-electron chi connectivity index (χ3n) is 5.34. The second-order valence-electron chi connectivity index (χ2n) is 7.66. The molecule has 0 aliphatic heterocycles. The lowest BCUT2D eigenvalue weighted by molar-refractivity contribution is 0.509. The molecule has 0 fully saturated rings. The molecule has 2 N–H and O–H groups in total. The molecule has 0 aliphatic rings. The minimum Gasteiger partial charge on any atom is -0.264 e. The highest BCUT2D eigenvalue weighted by atomic mass is 32.2. The number of sulfonamides is 2. The molecule has 1 unspecified atom stereocenters. The molecule has 4 aromatic rings. The predicted molar refractivity (Wildman–Crippen MR) is 128 cm³/mol. The van der Waals surface area contributed by atoms with Crippen molar-refractivity contribution in [3.8, 4) is 0 Å². The van der Waals surface area contributed by atoms with Crippen molar-refractivity contribution in [1.29, 1.82) is 0 Å². The molecule has 0 bridgehead atoms. The van der Waals surface area contributed by atoms with E-state index in [1.807, 2.05) is 6.92 Å². The number of nitrogens with zero attached hydrogens (tertiary/aromatic N) is 2. The van der Waals surface area contributed by atoms with Gasteiger partial charge in [-0.3, -0.25) is 9.97 Å². The van der Waals surface area contributed by atoms with Gasteiger partial charge in [-0.25, -0.2) is 26.3 Å². The van der Waals surface area contributed by atoms with E-state index in [1.54, 1.807) is 55.0 Å². The standard InChI is InChI=1S/C23H24N4O4S2/c1-2-5-19(27-33(30,31)23-9-4-7-18-15-25-13-11-21(18)23)16-26-32(28,29)22-8-3-6-17-14-24-12-10-20(17)22/h3-4,6-15,19,26-27H,2,5,16H2,1H3. The first-order valence-corrected chi connectivity index (χ1v) is 13.5. The number of nitrogens with one attached hydrogen (secondary N) is 2. The largest absolute Gasteiger partial charge is 0.264 e. The van der Waals surface area contributed by atoms with E-state index in [9.17, 15) is 16.8 Å². The quantitative estimate of drug-likeness (QED) is 0.377. The molecular formula is C23H24N4O4S2. The minimum atomic E-state index is -3.90. The van der Waals surface area contributed by atoms with Gasteiger partial charge in [0.1, 0.15) is 0 Å². The molecule has 33 heavy (non-hydrogen) atoms. The number of aromatic nitrogens is 2. The van der Waals surface area contributed by atoms with Gasteiger partial charge in [-0.15, -0.1) is 0 Å². The maximum Gasteiger partial charge on any atom is 0.241 e. The van der Waals surface area contributed by atoms with Gasteiger partial charge in [0, 0.05) is 58.9 Å². The average molecular weight is 485 g/mol. The molecule has 4 rings (SSSR count). The monoisotopic (exact) mass is 484 g/mol. The van der Waals surface area contributed by atoms with Crippen molar-refractivity contribution in [3.63, 3.8) is 0 Å². The van der Waals surface area contributed by atoms with Crippen LogP contribution in [-0.2, 0) is 20.0 Å². The lowest BCUT2D eigenvalue weighted by Gasteiger charge is -2.20. The second kappa shape index (κ2) is 9.52. The van der Waals surface area contributed by atoms with Crippen molar-refractivity contribution in [1.82, 2.24) is 19.4 Å². The third kappa shape index (κ3) is 5.03. The number of hydrogen-bond acceptors (Lipinski definition) is 6. The summed E-state index contributed by atoms with van der Waals surface area (Å²) in [6.07, 6.45) is 7.42. The van der Waals surface area contributed by atoms with Gasteiger partial charge in [-0.05, 0) is 30.7 Å². The van der Waals surface area contributed by atoms with Gasteiger partial charge in [-0.2, -0.15) is 0 Å². The highest BCUT2D eigenvalue weighted by molar-refractivity contribution is 7.90. The van der Waals surface area contributed by atoms with Crippen LogP contribution in [0.2, 0.25) is 0 Å². The van der Waals surface area contributed by atoms with Crippen LogP contribution in [0.15, 0.2) is 83.1 Å². The summed E-state index contributed by atoms with van der Waals surface area (Å²) in [5.41, 5.74) is 0. The summed E-state index contributed by atoms with van der Waals surface area (Å²) in [5, 5.41) is 2.52. The van der Waals surface area contributed by atoms with E-state index in [2.05, 4.69) is 19.4 Å². The third-order valence-corrected chi connectivity index (χ3v) is 8.40. The highest BCUT2D eigenvalue weighted by Crippen LogP contribution is 2.23. The number of pyridine rings is 2. The Kier molecular flexibility index (Phi) is 6.71. The van der Waals surface area contributed by atoms with Crippen LogP contribution in [0.1, 0.15) is 19.8 Å². The molecule has 0 aliphatic carbocycles. The van der Waals surface area contributed by atoms with Crippen LogP contribution in [0.3, 0.4) is 0 Å². The van der Waals surface area contributed by atoms with Crippen molar-refractivity contribution < 1.29 is 16.8 Å². The Labute approximate surface area is 193 Å². The van der Waals surface area contributed by atoms with Crippen LogP contribution in [0, 0.1) is 0 Å². The van der Waals surface area contributed by atoms with Crippen LogP contribution in [0.25, 0.3) is 21.5 Å². The molecule has 0 saturated carbocycles. The first kappa shape index (κ1) is 23.2. The molecule has 2 aromatic carbocycles. The molecule has 172 valence electrons. The fraction of sp³-hybridized carbons (Fsp3) is 0.217. The molecule has 0 spiro atoms. The van der Waals surface area contributed by atoms with Gasteiger partial charge in [-0.1, -0.05) is 37.6 Å². The Morgan fingerprint density at radius 1 is 0.788 bits per heavy atom. The van der Waals surface area contributed by atoms with E-state index in [0.717, 1.165) is 0 Å². The van der Waals surface area contributed by atoms with Crippen LogP contribution in [0.4, 0.5) is 0 Å². The minimum absolute atomic E-state index is 0.0802. The highest BCUT2D eigenvalue weighted by Gasteiger charge is 2.24. The number of hydrogen-bond donors (Lipinski definition) is 2. The first-order valence-electron chi connectivity index (χ1n) is 10.5. The molecule has 2 aromatic heterocycles. The lowest BCUT2D eigenvalue weighted by atomic mass is 10.2. The fourth-order valence-electron chi connectivity index (χ4n) is 3.78. The summed E-state index contributed by atoms with van der Waals surface area (Å²) in [6, 6.07) is 12.6.